The van der Waals surface area contributed by atoms with Crippen LogP contribution in [-0.2, 0) is 11.3 Å². The maximum absolute atomic E-state index is 12.8. The van der Waals surface area contributed by atoms with E-state index in [4.69, 9.17) is 5.11 Å². The molecule has 0 radical (unpaired) electrons. The van der Waals surface area contributed by atoms with Crippen molar-refractivity contribution >= 4 is 12.0 Å². The van der Waals surface area contributed by atoms with E-state index in [0.717, 1.165) is 5.56 Å². The molecule has 0 unspecified atom stereocenters. The summed E-state index contributed by atoms with van der Waals surface area (Å²) in [5.74, 6) is -1.55. The Kier molecular flexibility index (Phi) is 6.14. The van der Waals surface area contributed by atoms with Gasteiger partial charge in [-0.05, 0) is 23.6 Å². The second-order valence-corrected chi connectivity index (χ2v) is 5.13. The van der Waals surface area contributed by atoms with Crippen LogP contribution < -0.4 is 5.32 Å². The van der Waals surface area contributed by atoms with Crippen LogP contribution in [0.15, 0.2) is 24.3 Å². The van der Waals surface area contributed by atoms with Gasteiger partial charge in [0.2, 0.25) is 0 Å². The van der Waals surface area contributed by atoms with E-state index in [1.54, 1.807) is 26.1 Å². The fourth-order valence-electron chi connectivity index (χ4n) is 1.86. The first kappa shape index (κ1) is 16.9. The molecule has 0 aliphatic carbocycles. The number of rotatable bonds is 6. The van der Waals surface area contributed by atoms with Gasteiger partial charge in [0.1, 0.15) is 11.9 Å². The fraction of sp³-hybridized carbons (Fsp3) is 0.467. The summed E-state index contributed by atoms with van der Waals surface area (Å²) in [4.78, 5) is 24.6. The molecule has 21 heavy (non-hydrogen) atoms. The molecule has 0 spiro atoms. The van der Waals surface area contributed by atoms with E-state index in [1.807, 2.05) is 6.92 Å². The van der Waals surface area contributed by atoms with Crippen molar-refractivity contribution in [3.8, 4) is 0 Å². The van der Waals surface area contributed by atoms with E-state index < -0.39 is 18.0 Å². The van der Waals surface area contributed by atoms with Crippen LogP contribution in [-0.4, -0.2) is 35.1 Å². The maximum atomic E-state index is 12.8. The number of carboxylic acid groups (broad SMARTS) is 1. The number of urea groups is 1. The highest BCUT2D eigenvalue weighted by molar-refractivity contribution is 5.82. The first-order valence-corrected chi connectivity index (χ1v) is 6.84. The Hall–Kier alpha value is -2.11. The third kappa shape index (κ3) is 5.06. The topological polar surface area (TPSA) is 69.6 Å². The molecule has 0 fully saturated rings. The highest BCUT2D eigenvalue weighted by Gasteiger charge is 2.26. The average Bonchev–Trinajstić information content (AvgIpc) is 2.45. The van der Waals surface area contributed by atoms with Crippen molar-refractivity contribution in [3.63, 3.8) is 0 Å². The molecule has 1 rings (SSSR count). The molecule has 0 aliphatic rings. The number of hydrogen-bond acceptors (Lipinski definition) is 2. The zero-order valence-electron chi connectivity index (χ0n) is 12.5. The number of nitrogens with zero attached hydrogens (tertiary/aromatic N) is 1. The minimum atomic E-state index is -1.05. The number of amides is 2. The number of carboxylic acids is 1. The van der Waals surface area contributed by atoms with Gasteiger partial charge in [-0.15, -0.1) is 0 Å². The molecule has 5 nitrogen and oxygen atoms in total. The molecular weight excluding hydrogens is 275 g/mol. The lowest BCUT2D eigenvalue weighted by Gasteiger charge is -2.24. The standard InChI is InChI=1S/C15H21FN2O3/c1-4-10(2)13(14(19)20)17-15(21)18(3)9-11-5-7-12(16)8-6-11/h5-8,10,13H,4,9H2,1-3H3,(H,17,21)(H,19,20)/t10-,13-/m0/s1. The summed E-state index contributed by atoms with van der Waals surface area (Å²) in [5.41, 5.74) is 0.768. The number of nitrogens with one attached hydrogen (secondary N) is 1. The first-order chi connectivity index (χ1) is 9.85. The van der Waals surface area contributed by atoms with Crippen LogP contribution in [0.5, 0.6) is 0 Å². The van der Waals surface area contributed by atoms with Crippen molar-refractivity contribution in [2.24, 2.45) is 5.92 Å². The van der Waals surface area contributed by atoms with Gasteiger partial charge in [-0.25, -0.2) is 14.0 Å². The van der Waals surface area contributed by atoms with Crippen LogP contribution in [0.25, 0.3) is 0 Å². The van der Waals surface area contributed by atoms with E-state index in [9.17, 15) is 14.0 Å². The molecule has 0 saturated heterocycles. The summed E-state index contributed by atoms with van der Waals surface area (Å²) in [6.07, 6.45) is 0.652. The van der Waals surface area contributed by atoms with Crippen molar-refractivity contribution in [1.29, 1.82) is 0 Å². The molecule has 0 aromatic heterocycles. The Morgan fingerprint density at radius 3 is 2.38 bits per heavy atom. The van der Waals surface area contributed by atoms with Crippen LogP contribution in [0.4, 0.5) is 9.18 Å². The molecule has 0 saturated carbocycles. The quantitative estimate of drug-likeness (QED) is 0.847. The zero-order chi connectivity index (χ0) is 16.0. The molecule has 116 valence electrons. The molecule has 2 amide bonds. The molecule has 0 aliphatic heterocycles. The summed E-state index contributed by atoms with van der Waals surface area (Å²) >= 11 is 0. The molecule has 1 aromatic rings. The molecule has 6 heteroatoms. The Morgan fingerprint density at radius 2 is 1.90 bits per heavy atom. The summed E-state index contributed by atoms with van der Waals surface area (Å²) in [7, 11) is 1.56. The molecule has 0 bridgehead atoms. The molecular formula is C15H21FN2O3. The Balaban J connectivity index is 2.64. The summed E-state index contributed by atoms with van der Waals surface area (Å²) in [6.45, 7) is 3.92. The lowest BCUT2D eigenvalue weighted by atomic mass is 9.99. The van der Waals surface area contributed by atoms with Gasteiger partial charge < -0.3 is 15.3 Å². The summed E-state index contributed by atoms with van der Waals surface area (Å²) in [5, 5.41) is 11.7. The zero-order valence-corrected chi connectivity index (χ0v) is 12.5. The number of halogens is 1. The first-order valence-electron chi connectivity index (χ1n) is 6.84. The monoisotopic (exact) mass is 296 g/mol. The smallest absolute Gasteiger partial charge is 0.326 e. The van der Waals surface area contributed by atoms with Crippen LogP contribution in [0.1, 0.15) is 25.8 Å². The van der Waals surface area contributed by atoms with Crippen molar-refractivity contribution in [1.82, 2.24) is 10.2 Å². The van der Waals surface area contributed by atoms with Gasteiger partial charge in [-0.2, -0.15) is 0 Å². The average molecular weight is 296 g/mol. The van der Waals surface area contributed by atoms with Gasteiger partial charge in [-0.1, -0.05) is 32.4 Å². The normalized spacial score (nSPS) is 13.3. The van der Waals surface area contributed by atoms with Crippen LogP contribution in [0, 0.1) is 11.7 Å². The Labute approximate surface area is 123 Å². The maximum Gasteiger partial charge on any atom is 0.326 e. The number of carbonyl (C=O) groups is 2. The van der Waals surface area contributed by atoms with E-state index in [2.05, 4.69) is 5.32 Å². The minimum Gasteiger partial charge on any atom is -0.480 e. The second kappa shape index (κ2) is 7.61. The molecule has 2 N–H and O–H groups in total. The highest BCUT2D eigenvalue weighted by Crippen LogP contribution is 2.10. The van der Waals surface area contributed by atoms with Crippen molar-refractivity contribution in [2.75, 3.05) is 7.05 Å². The van der Waals surface area contributed by atoms with Crippen LogP contribution in [0.3, 0.4) is 0 Å². The predicted molar refractivity (Wildman–Crippen MR) is 77.3 cm³/mol. The third-order valence-corrected chi connectivity index (χ3v) is 3.44. The number of hydrogen-bond donors (Lipinski definition) is 2. The largest absolute Gasteiger partial charge is 0.480 e. The van der Waals surface area contributed by atoms with E-state index in [1.165, 1.54) is 17.0 Å². The summed E-state index contributed by atoms with van der Waals surface area (Å²) < 4.78 is 12.8. The lowest BCUT2D eigenvalue weighted by Crippen LogP contribution is -2.49. The van der Waals surface area contributed by atoms with Gasteiger partial charge in [0.15, 0.2) is 0 Å². The molecule has 1 aromatic carbocycles. The van der Waals surface area contributed by atoms with Gasteiger partial charge in [-0.3, -0.25) is 0 Å². The number of aliphatic carboxylic acids is 1. The summed E-state index contributed by atoms with van der Waals surface area (Å²) in [6, 6.07) is 4.43. The Bertz CT molecular complexity index is 490. The van der Waals surface area contributed by atoms with Crippen molar-refractivity contribution < 1.29 is 19.1 Å². The van der Waals surface area contributed by atoms with Crippen molar-refractivity contribution in [3.05, 3.63) is 35.6 Å². The van der Waals surface area contributed by atoms with Gasteiger partial charge in [0, 0.05) is 13.6 Å². The Morgan fingerprint density at radius 1 is 1.33 bits per heavy atom. The highest BCUT2D eigenvalue weighted by atomic mass is 19.1. The lowest BCUT2D eigenvalue weighted by molar-refractivity contribution is -0.140. The van der Waals surface area contributed by atoms with Crippen molar-refractivity contribution in [2.45, 2.75) is 32.9 Å². The van der Waals surface area contributed by atoms with E-state index >= 15 is 0 Å². The van der Waals surface area contributed by atoms with E-state index in [0.29, 0.717) is 6.42 Å². The van der Waals surface area contributed by atoms with Crippen LogP contribution >= 0.6 is 0 Å². The minimum absolute atomic E-state index is 0.161. The second-order valence-electron chi connectivity index (χ2n) is 5.13. The van der Waals surface area contributed by atoms with Gasteiger partial charge in [0.05, 0.1) is 0 Å². The SMILES string of the molecule is CC[C@H](C)[C@H](NC(=O)N(C)Cc1ccc(F)cc1)C(=O)O. The predicted octanol–water partition coefficient (Wildman–Crippen LogP) is 2.47. The van der Waals surface area contributed by atoms with Crippen LogP contribution in [0.2, 0.25) is 0 Å². The number of benzene rings is 1. The third-order valence-electron chi connectivity index (χ3n) is 3.44. The van der Waals surface area contributed by atoms with E-state index in [-0.39, 0.29) is 18.3 Å². The molecule has 2 atom stereocenters. The van der Waals surface area contributed by atoms with Gasteiger partial charge >= 0.3 is 12.0 Å². The van der Waals surface area contributed by atoms with Gasteiger partial charge in [0.25, 0.3) is 0 Å². The molecule has 0 heterocycles. The number of carbonyl (C=O) groups excluding carboxylic acids is 1. The fourth-order valence-corrected chi connectivity index (χ4v) is 1.86.